The molecule has 0 unspecified atom stereocenters. The molecule has 20 heavy (non-hydrogen) atoms. The van der Waals surface area contributed by atoms with Gasteiger partial charge < -0.3 is 9.73 Å². The summed E-state index contributed by atoms with van der Waals surface area (Å²) in [5, 5.41) is 3.70. The first-order chi connectivity index (χ1) is 9.78. The maximum atomic E-state index is 5.88. The van der Waals surface area contributed by atoms with Gasteiger partial charge in [0.25, 0.3) is 6.01 Å². The van der Waals surface area contributed by atoms with Crippen LogP contribution in [0, 0.1) is 17.8 Å². The molecule has 2 aromatic rings. The van der Waals surface area contributed by atoms with Crippen LogP contribution in [0.15, 0.2) is 28.7 Å². The second-order valence-corrected chi connectivity index (χ2v) is 7.31. The number of hydrogen-bond donors (Lipinski definition) is 1. The van der Waals surface area contributed by atoms with Gasteiger partial charge in [-0.25, -0.2) is 0 Å². The van der Waals surface area contributed by atoms with Gasteiger partial charge in [-0.3, -0.25) is 0 Å². The number of nitrogens with zero attached hydrogens (tertiary/aromatic N) is 1. The highest BCUT2D eigenvalue weighted by Crippen LogP contribution is 2.56. The summed E-state index contributed by atoms with van der Waals surface area (Å²) in [7, 11) is 0. The summed E-state index contributed by atoms with van der Waals surface area (Å²) in [6.07, 6.45) is 8.35. The van der Waals surface area contributed by atoms with Gasteiger partial charge in [-0.2, -0.15) is 4.98 Å². The smallest absolute Gasteiger partial charge is 0.296 e. The Morgan fingerprint density at radius 3 is 2.30 bits per heavy atom. The van der Waals surface area contributed by atoms with Gasteiger partial charge in [0.1, 0.15) is 5.52 Å². The van der Waals surface area contributed by atoms with E-state index in [0.29, 0.717) is 0 Å². The summed E-state index contributed by atoms with van der Waals surface area (Å²) < 4.78 is 5.88. The second-order valence-electron chi connectivity index (χ2n) is 7.31. The molecule has 1 aromatic heterocycles. The van der Waals surface area contributed by atoms with Crippen molar-refractivity contribution in [2.24, 2.45) is 17.8 Å². The number of aromatic nitrogens is 1. The molecule has 0 atom stereocenters. The topological polar surface area (TPSA) is 38.1 Å². The molecule has 6 rings (SSSR count). The molecular formula is C17H20N2O. The minimum atomic E-state index is 0.273. The molecule has 4 saturated carbocycles. The first kappa shape index (κ1) is 11.2. The van der Waals surface area contributed by atoms with E-state index in [1.165, 1.54) is 38.5 Å². The Morgan fingerprint density at radius 1 is 1.00 bits per heavy atom. The van der Waals surface area contributed by atoms with E-state index in [2.05, 4.69) is 10.3 Å². The molecule has 4 aliphatic rings. The fraction of sp³-hybridized carbons (Fsp3) is 0.588. The lowest BCUT2D eigenvalue weighted by molar-refractivity contribution is 0.00969. The fourth-order valence-electron chi connectivity index (χ4n) is 5.42. The van der Waals surface area contributed by atoms with Gasteiger partial charge in [-0.05, 0) is 68.4 Å². The Hall–Kier alpha value is -1.51. The molecule has 3 nitrogen and oxygen atoms in total. The molecule has 3 heteroatoms. The molecule has 0 aliphatic heterocycles. The van der Waals surface area contributed by atoms with Crippen LogP contribution in [0.2, 0.25) is 0 Å². The van der Waals surface area contributed by atoms with Crippen molar-refractivity contribution in [2.75, 3.05) is 5.32 Å². The predicted molar refractivity (Wildman–Crippen MR) is 78.5 cm³/mol. The molecule has 0 radical (unpaired) electrons. The van der Waals surface area contributed by atoms with Gasteiger partial charge in [0.15, 0.2) is 5.58 Å². The zero-order valence-electron chi connectivity index (χ0n) is 11.6. The van der Waals surface area contributed by atoms with E-state index in [-0.39, 0.29) is 5.54 Å². The number of hydrogen-bond acceptors (Lipinski definition) is 3. The van der Waals surface area contributed by atoms with Gasteiger partial charge in [0.05, 0.1) is 0 Å². The van der Waals surface area contributed by atoms with Gasteiger partial charge in [-0.15, -0.1) is 0 Å². The molecule has 0 spiro atoms. The van der Waals surface area contributed by atoms with E-state index in [1.54, 1.807) is 0 Å². The molecule has 4 aliphatic carbocycles. The van der Waals surface area contributed by atoms with Crippen LogP contribution in [-0.2, 0) is 0 Å². The fourth-order valence-corrected chi connectivity index (χ4v) is 5.42. The highest BCUT2D eigenvalue weighted by atomic mass is 16.4. The third kappa shape index (κ3) is 1.62. The van der Waals surface area contributed by atoms with Crippen molar-refractivity contribution in [3.05, 3.63) is 24.3 Å². The van der Waals surface area contributed by atoms with Crippen molar-refractivity contribution in [1.82, 2.24) is 4.98 Å². The maximum absolute atomic E-state index is 5.88. The van der Waals surface area contributed by atoms with Crippen LogP contribution >= 0.6 is 0 Å². The zero-order valence-corrected chi connectivity index (χ0v) is 11.6. The minimum Gasteiger partial charge on any atom is -0.424 e. The minimum absolute atomic E-state index is 0.273. The summed E-state index contributed by atoms with van der Waals surface area (Å²) in [5.74, 6) is 2.83. The largest absolute Gasteiger partial charge is 0.424 e. The first-order valence-corrected chi connectivity index (χ1v) is 7.92. The summed E-state index contributed by atoms with van der Waals surface area (Å²) >= 11 is 0. The lowest BCUT2D eigenvalue weighted by atomic mass is 9.53. The van der Waals surface area contributed by atoms with Crippen molar-refractivity contribution >= 4 is 17.1 Å². The number of nitrogens with one attached hydrogen (secondary N) is 1. The Labute approximate surface area is 118 Å². The van der Waals surface area contributed by atoms with E-state index in [9.17, 15) is 0 Å². The number of anilines is 1. The van der Waals surface area contributed by atoms with Crippen molar-refractivity contribution < 1.29 is 4.42 Å². The van der Waals surface area contributed by atoms with Crippen LogP contribution in [0.5, 0.6) is 0 Å². The van der Waals surface area contributed by atoms with E-state index in [1.807, 2.05) is 24.3 Å². The molecule has 1 heterocycles. The Bertz CT molecular complexity index is 592. The van der Waals surface area contributed by atoms with Crippen molar-refractivity contribution in [2.45, 2.75) is 44.1 Å². The summed E-state index contributed by atoms with van der Waals surface area (Å²) in [6.45, 7) is 0. The van der Waals surface area contributed by atoms with Crippen LogP contribution in [0.25, 0.3) is 11.1 Å². The van der Waals surface area contributed by atoms with Crippen LogP contribution in [-0.4, -0.2) is 10.5 Å². The Balaban J connectivity index is 1.48. The summed E-state index contributed by atoms with van der Waals surface area (Å²) in [6, 6.07) is 8.76. The molecule has 0 amide bonds. The van der Waals surface area contributed by atoms with Gasteiger partial charge in [-0.1, -0.05) is 12.1 Å². The van der Waals surface area contributed by atoms with E-state index < -0.39 is 0 Å². The normalized spacial score (nSPS) is 38.5. The van der Waals surface area contributed by atoms with Crippen molar-refractivity contribution in [3.8, 4) is 0 Å². The zero-order chi connectivity index (χ0) is 13.2. The van der Waals surface area contributed by atoms with Gasteiger partial charge in [0.2, 0.25) is 0 Å². The number of fused-ring (bicyclic) bond motifs is 1. The Kier molecular flexibility index (Phi) is 2.11. The van der Waals surface area contributed by atoms with E-state index >= 15 is 0 Å². The number of rotatable bonds is 2. The van der Waals surface area contributed by atoms with Crippen LogP contribution in [0.3, 0.4) is 0 Å². The number of para-hydroxylation sites is 2. The summed E-state index contributed by atoms with van der Waals surface area (Å²) in [4.78, 5) is 4.61. The average molecular weight is 268 g/mol. The highest BCUT2D eigenvalue weighted by molar-refractivity contribution is 5.74. The van der Waals surface area contributed by atoms with Crippen LogP contribution in [0.1, 0.15) is 38.5 Å². The lowest BCUT2D eigenvalue weighted by Crippen LogP contribution is -2.54. The predicted octanol–water partition coefficient (Wildman–Crippen LogP) is 4.21. The third-order valence-corrected chi connectivity index (χ3v) is 5.70. The van der Waals surface area contributed by atoms with Crippen molar-refractivity contribution in [3.63, 3.8) is 0 Å². The number of benzene rings is 1. The molecule has 4 fully saturated rings. The van der Waals surface area contributed by atoms with Gasteiger partial charge >= 0.3 is 0 Å². The average Bonchev–Trinajstić information content (AvgIpc) is 2.77. The molecule has 1 N–H and O–H groups in total. The van der Waals surface area contributed by atoms with E-state index in [0.717, 1.165) is 34.9 Å². The van der Waals surface area contributed by atoms with Crippen LogP contribution in [0.4, 0.5) is 6.01 Å². The monoisotopic (exact) mass is 268 g/mol. The quantitative estimate of drug-likeness (QED) is 0.886. The number of oxazole rings is 1. The molecule has 1 aromatic carbocycles. The van der Waals surface area contributed by atoms with Gasteiger partial charge in [0, 0.05) is 5.54 Å². The molecular weight excluding hydrogens is 248 g/mol. The maximum Gasteiger partial charge on any atom is 0.296 e. The molecule has 0 saturated heterocycles. The Morgan fingerprint density at radius 2 is 1.65 bits per heavy atom. The standard InChI is InChI=1S/C17H20N2O/c1-2-4-15-14(3-1)18-16(20-15)19-17-8-11-5-12(9-17)7-13(6-11)10-17/h1-4,11-13H,5-10H2,(H,18,19). The lowest BCUT2D eigenvalue weighted by Gasteiger charge is -2.56. The first-order valence-electron chi connectivity index (χ1n) is 7.92. The second kappa shape index (κ2) is 3.78. The third-order valence-electron chi connectivity index (χ3n) is 5.70. The van der Waals surface area contributed by atoms with Crippen LogP contribution < -0.4 is 5.32 Å². The molecule has 4 bridgehead atoms. The SMILES string of the molecule is c1ccc2oc(NC34CC5CC(CC(C5)C3)C4)nc2c1. The van der Waals surface area contributed by atoms with Crippen molar-refractivity contribution in [1.29, 1.82) is 0 Å². The highest BCUT2D eigenvalue weighted by Gasteiger charge is 2.51. The summed E-state index contributed by atoms with van der Waals surface area (Å²) in [5.41, 5.74) is 2.12. The molecule has 104 valence electrons. The van der Waals surface area contributed by atoms with E-state index in [4.69, 9.17) is 4.42 Å².